The van der Waals surface area contributed by atoms with Gasteiger partial charge in [-0.15, -0.1) is 0 Å². The van der Waals surface area contributed by atoms with E-state index in [-0.39, 0.29) is 11.8 Å². The SMILES string of the molecule is Cn1nc(C(=O)N2CCCC(C#N)C2)c2ccccc21. The minimum Gasteiger partial charge on any atom is -0.336 e. The van der Waals surface area contributed by atoms with Crippen LogP contribution in [0.4, 0.5) is 0 Å². The second kappa shape index (κ2) is 4.97. The Hall–Kier alpha value is -2.35. The van der Waals surface area contributed by atoms with Crippen molar-refractivity contribution in [3.8, 4) is 6.07 Å². The molecular formula is C15H16N4O. The lowest BCUT2D eigenvalue weighted by Gasteiger charge is -2.29. The zero-order chi connectivity index (χ0) is 14.1. The molecule has 0 bridgehead atoms. The van der Waals surface area contributed by atoms with Crippen molar-refractivity contribution in [3.63, 3.8) is 0 Å². The minimum absolute atomic E-state index is 0.0531. The van der Waals surface area contributed by atoms with E-state index in [0.717, 1.165) is 23.7 Å². The summed E-state index contributed by atoms with van der Waals surface area (Å²) in [6.45, 7) is 1.22. The molecule has 0 spiro atoms. The van der Waals surface area contributed by atoms with Gasteiger partial charge in [-0.3, -0.25) is 9.48 Å². The van der Waals surface area contributed by atoms with Gasteiger partial charge in [0.15, 0.2) is 5.69 Å². The molecule has 1 fully saturated rings. The maximum Gasteiger partial charge on any atom is 0.275 e. The number of hydrogen-bond donors (Lipinski definition) is 0. The average molecular weight is 268 g/mol. The molecule has 0 aliphatic carbocycles. The first-order chi connectivity index (χ1) is 9.70. The third-order valence-corrected chi connectivity index (χ3v) is 3.85. The van der Waals surface area contributed by atoms with Crippen molar-refractivity contribution in [2.75, 3.05) is 13.1 Å². The van der Waals surface area contributed by atoms with Crippen LogP contribution < -0.4 is 0 Å². The molecule has 1 aliphatic heterocycles. The van der Waals surface area contributed by atoms with Gasteiger partial charge in [0.2, 0.25) is 0 Å². The van der Waals surface area contributed by atoms with Crippen LogP contribution in [0.1, 0.15) is 23.3 Å². The molecule has 2 heterocycles. The molecule has 1 unspecified atom stereocenters. The van der Waals surface area contributed by atoms with Crippen LogP contribution in [-0.2, 0) is 7.05 Å². The monoisotopic (exact) mass is 268 g/mol. The lowest BCUT2D eigenvalue weighted by molar-refractivity contribution is 0.0694. The lowest BCUT2D eigenvalue weighted by atomic mass is 9.99. The predicted octanol–water partition coefficient (Wildman–Crippen LogP) is 1.95. The summed E-state index contributed by atoms with van der Waals surface area (Å²) in [4.78, 5) is 14.4. The van der Waals surface area contributed by atoms with Crippen molar-refractivity contribution < 1.29 is 4.79 Å². The van der Waals surface area contributed by atoms with E-state index in [0.29, 0.717) is 18.8 Å². The predicted molar refractivity (Wildman–Crippen MR) is 75.0 cm³/mol. The van der Waals surface area contributed by atoms with E-state index in [4.69, 9.17) is 5.26 Å². The number of likely N-dealkylation sites (tertiary alicyclic amines) is 1. The molecule has 1 aromatic carbocycles. The first-order valence-electron chi connectivity index (χ1n) is 6.81. The van der Waals surface area contributed by atoms with Gasteiger partial charge in [-0.2, -0.15) is 10.4 Å². The zero-order valence-electron chi connectivity index (χ0n) is 11.4. The minimum atomic E-state index is -0.0678. The van der Waals surface area contributed by atoms with Crippen LogP contribution in [-0.4, -0.2) is 33.7 Å². The van der Waals surface area contributed by atoms with Crippen LogP contribution in [0.15, 0.2) is 24.3 Å². The number of para-hydroxylation sites is 1. The highest BCUT2D eigenvalue weighted by Crippen LogP contribution is 2.22. The zero-order valence-corrected chi connectivity index (χ0v) is 11.4. The van der Waals surface area contributed by atoms with Gasteiger partial charge < -0.3 is 4.90 Å². The Morgan fingerprint density at radius 1 is 1.45 bits per heavy atom. The maximum absolute atomic E-state index is 12.6. The summed E-state index contributed by atoms with van der Waals surface area (Å²) in [6.07, 6.45) is 1.76. The van der Waals surface area contributed by atoms with Crippen molar-refractivity contribution in [2.45, 2.75) is 12.8 Å². The standard InChI is InChI=1S/C15H16N4O/c1-18-13-7-3-2-6-12(13)14(17-18)15(20)19-8-4-5-11(9-16)10-19/h2-3,6-7,11H,4-5,8,10H2,1H3. The van der Waals surface area contributed by atoms with E-state index in [1.807, 2.05) is 31.3 Å². The molecule has 1 aromatic heterocycles. The summed E-state index contributed by atoms with van der Waals surface area (Å²) in [6, 6.07) is 9.98. The summed E-state index contributed by atoms with van der Waals surface area (Å²) in [5.41, 5.74) is 1.44. The second-order valence-corrected chi connectivity index (χ2v) is 5.21. The van der Waals surface area contributed by atoms with Crippen molar-refractivity contribution in [3.05, 3.63) is 30.0 Å². The van der Waals surface area contributed by atoms with Crippen LogP contribution in [0.2, 0.25) is 0 Å². The number of benzene rings is 1. The number of carbonyl (C=O) groups excluding carboxylic acids is 1. The molecular weight excluding hydrogens is 252 g/mol. The van der Waals surface area contributed by atoms with Gasteiger partial charge in [-0.1, -0.05) is 18.2 Å². The van der Waals surface area contributed by atoms with Crippen molar-refractivity contribution >= 4 is 16.8 Å². The Kier molecular flexibility index (Phi) is 3.15. The van der Waals surface area contributed by atoms with Gasteiger partial charge >= 0.3 is 0 Å². The van der Waals surface area contributed by atoms with Crippen molar-refractivity contribution in [1.82, 2.24) is 14.7 Å². The summed E-state index contributed by atoms with van der Waals surface area (Å²) in [7, 11) is 1.84. The average Bonchev–Trinajstić information content (AvgIpc) is 2.84. The highest BCUT2D eigenvalue weighted by atomic mass is 16.2. The van der Waals surface area contributed by atoms with Crippen molar-refractivity contribution in [1.29, 1.82) is 5.26 Å². The van der Waals surface area contributed by atoms with Gasteiger partial charge in [0.05, 0.1) is 17.5 Å². The Labute approximate surface area is 117 Å². The highest BCUT2D eigenvalue weighted by molar-refractivity contribution is 6.04. The van der Waals surface area contributed by atoms with E-state index in [1.54, 1.807) is 9.58 Å². The number of amides is 1. The molecule has 0 saturated carbocycles. The second-order valence-electron chi connectivity index (χ2n) is 5.21. The van der Waals surface area contributed by atoms with E-state index in [9.17, 15) is 4.79 Å². The number of rotatable bonds is 1. The molecule has 0 N–H and O–H groups in total. The molecule has 1 amide bonds. The molecule has 1 saturated heterocycles. The summed E-state index contributed by atoms with van der Waals surface area (Å²) in [5, 5.41) is 14.3. The highest BCUT2D eigenvalue weighted by Gasteiger charge is 2.27. The third kappa shape index (κ3) is 2.03. The number of aromatic nitrogens is 2. The number of fused-ring (bicyclic) bond motifs is 1. The molecule has 2 aromatic rings. The Bertz CT molecular complexity index is 697. The van der Waals surface area contributed by atoms with E-state index in [1.165, 1.54) is 0 Å². The molecule has 1 atom stereocenters. The van der Waals surface area contributed by atoms with Gasteiger partial charge in [-0.25, -0.2) is 0 Å². The number of carbonyl (C=O) groups is 1. The third-order valence-electron chi connectivity index (χ3n) is 3.85. The topological polar surface area (TPSA) is 61.9 Å². The van der Waals surface area contributed by atoms with E-state index >= 15 is 0 Å². The molecule has 20 heavy (non-hydrogen) atoms. The van der Waals surface area contributed by atoms with Crippen LogP contribution in [0, 0.1) is 17.2 Å². The molecule has 0 radical (unpaired) electrons. The van der Waals surface area contributed by atoms with Crippen LogP contribution >= 0.6 is 0 Å². The molecule has 102 valence electrons. The van der Waals surface area contributed by atoms with Crippen LogP contribution in [0.25, 0.3) is 10.9 Å². The van der Waals surface area contributed by atoms with E-state index < -0.39 is 0 Å². The first-order valence-corrected chi connectivity index (χ1v) is 6.81. The smallest absolute Gasteiger partial charge is 0.275 e. The number of nitriles is 1. The molecule has 3 rings (SSSR count). The molecule has 5 nitrogen and oxygen atoms in total. The normalized spacial score (nSPS) is 19.0. The van der Waals surface area contributed by atoms with Crippen molar-refractivity contribution in [2.24, 2.45) is 13.0 Å². The first kappa shape index (κ1) is 12.7. The van der Waals surface area contributed by atoms with Gasteiger partial charge in [-0.05, 0) is 18.9 Å². The number of hydrogen-bond acceptors (Lipinski definition) is 3. The lowest BCUT2D eigenvalue weighted by Crippen LogP contribution is -2.39. The van der Waals surface area contributed by atoms with Gasteiger partial charge in [0.1, 0.15) is 0 Å². The van der Waals surface area contributed by atoms with Crippen LogP contribution in [0.3, 0.4) is 0 Å². The van der Waals surface area contributed by atoms with Gasteiger partial charge in [0, 0.05) is 25.5 Å². The number of piperidine rings is 1. The Morgan fingerprint density at radius 2 is 2.25 bits per heavy atom. The number of aryl methyl sites for hydroxylation is 1. The summed E-state index contributed by atoms with van der Waals surface area (Å²) >= 11 is 0. The quantitative estimate of drug-likeness (QED) is 0.794. The fourth-order valence-corrected chi connectivity index (χ4v) is 2.79. The van der Waals surface area contributed by atoms with Crippen LogP contribution in [0.5, 0.6) is 0 Å². The largest absolute Gasteiger partial charge is 0.336 e. The van der Waals surface area contributed by atoms with Gasteiger partial charge in [0.25, 0.3) is 5.91 Å². The number of nitrogens with zero attached hydrogens (tertiary/aromatic N) is 4. The Morgan fingerprint density at radius 3 is 3.05 bits per heavy atom. The van der Waals surface area contributed by atoms with E-state index in [2.05, 4.69) is 11.2 Å². The molecule has 1 aliphatic rings. The fourth-order valence-electron chi connectivity index (χ4n) is 2.79. The molecule has 5 heteroatoms. The maximum atomic E-state index is 12.6. The Balaban J connectivity index is 1.95. The summed E-state index contributed by atoms with van der Waals surface area (Å²) < 4.78 is 1.73. The summed E-state index contributed by atoms with van der Waals surface area (Å²) in [5.74, 6) is -0.121. The fraction of sp³-hybridized carbons (Fsp3) is 0.400.